The van der Waals surface area contributed by atoms with Crippen LogP contribution in [0.2, 0.25) is 0 Å². The highest BCUT2D eigenvalue weighted by atomic mass is 16.3. The van der Waals surface area contributed by atoms with E-state index in [0.717, 1.165) is 37.4 Å². The molecule has 0 amide bonds. The van der Waals surface area contributed by atoms with Gasteiger partial charge in [-0.3, -0.25) is 0 Å². The Morgan fingerprint density at radius 1 is 1.41 bits per heavy atom. The van der Waals surface area contributed by atoms with Gasteiger partial charge in [0.25, 0.3) is 0 Å². The Bertz CT molecular complexity index is 342. The van der Waals surface area contributed by atoms with E-state index >= 15 is 0 Å². The number of nitrogens with zero attached hydrogens (tertiary/aromatic N) is 3. The second kappa shape index (κ2) is 5.63. The fourth-order valence-corrected chi connectivity index (χ4v) is 2.72. The Balaban J connectivity index is 2.03. The van der Waals surface area contributed by atoms with E-state index in [2.05, 4.69) is 24.2 Å². The standard InChI is InChI=1S/C13H23N3O/c1-3-8-16-12(9-14-15-16)13(17)11-6-4-10(2)5-7-11/h9-11,13,17H,3-8H2,1-2H3. The third-order valence-electron chi connectivity index (χ3n) is 3.89. The molecule has 1 saturated carbocycles. The topological polar surface area (TPSA) is 50.9 Å². The van der Waals surface area contributed by atoms with Crippen LogP contribution in [0.5, 0.6) is 0 Å². The number of aromatic nitrogens is 3. The van der Waals surface area contributed by atoms with Crippen molar-refractivity contribution in [2.75, 3.05) is 0 Å². The van der Waals surface area contributed by atoms with Crippen LogP contribution in [-0.4, -0.2) is 20.1 Å². The molecule has 1 aliphatic carbocycles. The first-order valence-electron chi connectivity index (χ1n) is 6.78. The minimum absolute atomic E-state index is 0.385. The van der Waals surface area contributed by atoms with Crippen molar-refractivity contribution in [3.05, 3.63) is 11.9 Å². The molecule has 1 N–H and O–H groups in total. The number of hydrogen-bond acceptors (Lipinski definition) is 3. The molecule has 0 saturated heterocycles. The highest BCUT2D eigenvalue weighted by Crippen LogP contribution is 2.36. The van der Waals surface area contributed by atoms with Crippen LogP contribution in [0.4, 0.5) is 0 Å². The average molecular weight is 237 g/mol. The van der Waals surface area contributed by atoms with Gasteiger partial charge in [-0.25, -0.2) is 4.68 Å². The molecular formula is C13H23N3O. The molecule has 1 atom stereocenters. The largest absolute Gasteiger partial charge is 0.386 e. The van der Waals surface area contributed by atoms with Crippen molar-refractivity contribution in [1.29, 1.82) is 0 Å². The second-order valence-electron chi connectivity index (χ2n) is 5.35. The van der Waals surface area contributed by atoms with E-state index in [1.165, 1.54) is 12.8 Å². The summed E-state index contributed by atoms with van der Waals surface area (Å²) in [6.45, 7) is 5.25. The molecule has 2 rings (SSSR count). The lowest BCUT2D eigenvalue weighted by atomic mass is 9.79. The van der Waals surface area contributed by atoms with Crippen LogP contribution in [0.25, 0.3) is 0 Å². The zero-order chi connectivity index (χ0) is 12.3. The normalized spacial score (nSPS) is 27.0. The first kappa shape index (κ1) is 12.6. The molecule has 1 aromatic rings. The molecule has 1 unspecified atom stereocenters. The maximum absolute atomic E-state index is 10.4. The lowest BCUT2D eigenvalue weighted by Gasteiger charge is -2.29. The van der Waals surface area contributed by atoms with Crippen molar-refractivity contribution in [2.24, 2.45) is 11.8 Å². The molecule has 1 aliphatic rings. The van der Waals surface area contributed by atoms with Crippen molar-refractivity contribution in [3.8, 4) is 0 Å². The fraction of sp³-hybridized carbons (Fsp3) is 0.846. The summed E-state index contributed by atoms with van der Waals surface area (Å²) in [7, 11) is 0. The maximum Gasteiger partial charge on any atom is 0.100 e. The summed E-state index contributed by atoms with van der Waals surface area (Å²) >= 11 is 0. The molecule has 1 aromatic heterocycles. The molecule has 4 heteroatoms. The number of rotatable bonds is 4. The Morgan fingerprint density at radius 2 is 2.12 bits per heavy atom. The van der Waals surface area contributed by atoms with Gasteiger partial charge in [-0.1, -0.05) is 31.9 Å². The summed E-state index contributed by atoms with van der Waals surface area (Å²) < 4.78 is 1.85. The van der Waals surface area contributed by atoms with Crippen LogP contribution in [0, 0.1) is 11.8 Å². The van der Waals surface area contributed by atoms with Crippen LogP contribution in [0.3, 0.4) is 0 Å². The summed E-state index contributed by atoms with van der Waals surface area (Å²) in [5.41, 5.74) is 0.895. The number of aryl methyl sites for hydroxylation is 1. The molecular weight excluding hydrogens is 214 g/mol. The molecule has 0 radical (unpaired) electrons. The predicted molar refractivity (Wildman–Crippen MR) is 66.4 cm³/mol. The molecule has 4 nitrogen and oxygen atoms in total. The molecule has 0 aliphatic heterocycles. The lowest BCUT2D eigenvalue weighted by Crippen LogP contribution is -2.21. The molecule has 0 spiro atoms. The highest BCUT2D eigenvalue weighted by molar-refractivity contribution is 5.01. The van der Waals surface area contributed by atoms with Crippen molar-refractivity contribution in [1.82, 2.24) is 15.0 Å². The summed E-state index contributed by atoms with van der Waals surface area (Å²) in [6.07, 6.45) is 7.07. The molecule has 0 bridgehead atoms. The number of aliphatic hydroxyl groups excluding tert-OH is 1. The van der Waals surface area contributed by atoms with E-state index in [-0.39, 0.29) is 6.10 Å². The second-order valence-corrected chi connectivity index (χ2v) is 5.35. The molecule has 96 valence electrons. The van der Waals surface area contributed by atoms with Gasteiger partial charge in [0.05, 0.1) is 11.9 Å². The first-order valence-corrected chi connectivity index (χ1v) is 6.78. The number of aliphatic hydroxyl groups is 1. The first-order chi connectivity index (χ1) is 8.22. The zero-order valence-corrected chi connectivity index (χ0v) is 10.8. The minimum atomic E-state index is -0.385. The third-order valence-corrected chi connectivity index (χ3v) is 3.89. The molecule has 1 fully saturated rings. The summed E-state index contributed by atoms with van der Waals surface area (Å²) in [5, 5.41) is 18.4. The van der Waals surface area contributed by atoms with Gasteiger partial charge in [0.2, 0.25) is 0 Å². The van der Waals surface area contributed by atoms with Crippen LogP contribution in [0.1, 0.15) is 57.7 Å². The van der Waals surface area contributed by atoms with E-state index < -0.39 is 0 Å². The Labute approximate surface area is 103 Å². The average Bonchev–Trinajstić information content (AvgIpc) is 2.78. The van der Waals surface area contributed by atoms with Gasteiger partial charge < -0.3 is 5.11 Å². The van der Waals surface area contributed by atoms with E-state index in [4.69, 9.17) is 0 Å². The lowest BCUT2D eigenvalue weighted by molar-refractivity contribution is 0.0680. The van der Waals surface area contributed by atoms with Gasteiger partial charge in [0.15, 0.2) is 0 Å². The van der Waals surface area contributed by atoms with Gasteiger partial charge in [-0.2, -0.15) is 0 Å². The van der Waals surface area contributed by atoms with Crippen molar-refractivity contribution in [3.63, 3.8) is 0 Å². The Kier molecular flexibility index (Phi) is 4.15. The van der Waals surface area contributed by atoms with Gasteiger partial charge in [0, 0.05) is 6.54 Å². The van der Waals surface area contributed by atoms with Crippen molar-refractivity contribution in [2.45, 2.75) is 58.6 Å². The molecule has 1 heterocycles. The van der Waals surface area contributed by atoms with Crippen molar-refractivity contribution >= 4 is 0 Å². The monoisotopic (exact) mass is 237 g/mol. The van der Waals surface area contributed by atoms with E-state index in [0.29, 0.717) is 5.92 Å². The summed E-state index contributed by atoms with van der Waals surface area (Å²) in [4.78, 5) is 0. The van der Waals surface area contributed by atoms with Gasteiger partial charge in [0.1, 0.15) is 6.10 Å². The van der Waals surface area contributed by atoms with Crippen LogP contribution < -0.4 is 0 Å². The van der Waals surface area contributed by atoms with Gasteiger partial charge in [-0.05, 0) is 31.1 Å². The zero-order valence-electron chi connectivity index (χ0n) is 10.8. The maximum atomic E-state index is 10.4. The van der Waals surface area contributed by atoms with E-state index in [1.807, 2.05) is 4.68 Å². The van der Waals surface area contributed by atoms with Gasteiger partial charge >= 0.3 is 0 Å². The quantitative estimate of drug-likeness (QED) is 0.875. The van der Waals surface area contributed by atoms with E-state index in [9.17, 15) is 5.11 Å². The van der Waals surface area contributed by atoms with E-state index in [1.54, 1.807) is 6.20 Å². The molecule has 0 aromatic carbocycles. The Hall–Kier alpha value is -0.900. The summed E-state index contributed by atoms with van der Waals surface area (Å²) in [5.74, 6) is 1.21. The summed E-state index contributed by atoms with van der Waals surface area (Å²) in [6, 6.07) is 0. The third kappa shape index (κ3) is 2.86. The van der Waals surface area contributed by atoms with Gasteiger partial charge in [-0.15, -0.1) is 5.10 Å². The fourth-order valence-electron chi connectivity index (χ4n) is 2.72. The predicted octanol–water partition coefficient (Wildman–Crippen LogP) is 2.55. The van der Waals surface area contributed by atoms with Crippen molar-refractivity contribution < 1.29 is 5.11 Å². The smallest absolute Gasteiger partial charge is 0.100 e. The SMILES string of the molecule is CCCn1nncc1C(O)C1CCC(C)CC1. The minimum Gasteiger partial charge on any atom is -0.386 e. The Morgan fingerprint density at radius 3 is 2.76 bits per heavy atom. The van der Waals surface area contributed by atoms with Crippen LogP contribution >= 0.6 is 0 Å². The highest BCUT2D eigenvalue weighted by Gasteiger charge is 2.27. The van der Waals surface area contributed by atoms with Crippen LogP contribution in [-0.2, 0) is 6.54 Å². The molecule has 17 heavy (non-hydrogen) atoms. The number of hydrogen-bond donors (Lipinski definition) is 1. The van der Waals surface area contributed by atoms with Crippen LogP contribution in [0.15, 0.2) is 6.20 Å².